The highest BCUT2D eigenvalue weighted by Crippen LogP contribution is 2.28. The Kier molecular flexibility index (Phi) is 7.87. The highest BCUT2D eigenvalue weighted by Gasteiger charge is 2.23. The molecule has 1 saturated heterocycles. The number of likely N-dealkylation sites (tertiary alicyclic amines) is 1. The number of ether oxygens (including phenoxy) is 2. The highest BCUT2D eigenvalue weighted by atomic mass is 35.5. The van der Waals surface area contributed by atoms with E-state index in [9.17, 15) is 9.18 Å². The van der Waals surface area contributed by atoms with E-state index < -0.39 is 11.8 Å². The third-order valence-corrected chi connectivity index (χ3v) is 5.78. The van der Waals surface area contributed by atoms with E-state index in [1.807, 2.05) is 12.1 Å². The molecule has 0 bridgehead atoms. The number of halogens is 2. The van der Waals surface area contributed by atoms with E-state index >= 15 is 0 Å². The maximum atomic E-state index is 14.0. The smallest absolute Gasteiger partial charge is 0.330 e. The summed E-state index contributed by atoms with van der Waals surface area (Å²) in [6.45, 7) is 2.32. The number of carbonyl (C=O) groups is 1. The Bertz CT molecular complexity index is 1160. The Hall–Kier alpha value is -3.30. The van der Waals surface area contributed by atoms with Crippen molar-refractivity contribution in [1.29, 1.82) is 0 Å². The SMILES string of the molecule is COC(=O)/C=C/c1nnc(CN2CCC(c3cccc(OCc4ccc(Cl)cc4F)n3)CC2)o1. The fourth-order valence-electron chi connectivity index (χ4n) is 3.71. The summed E-state index contributed by atoms with van der Waals surface area (Å²) in [6.07, 6.45) is 4.51. The molecular formula is C24H24ClFN4O4. The number of pyridine rings is 1. The number of hydrogen-bond donors (Lipinski definition) is 0. The van der Waals surface area contributed by atoms with Crippen molar-refractivity contribution < 1.29 is 23.1 Å². The van der Waals surface area contributed by atoms with Gasteiger partial charge in [0.25, 0.3) is 0 Å². The zero-order valence-electron chi connectivity index (χ0n) is 18.6. The van der Waals surface area contributed by atoms with Crippen molar-refractivity contribution in [2.24, 2.45) is 0 Å². The standard InChI is InChI=1S/C24H24ClFN4O4/c1-32-24(31)8-7-22-28-29-23(34-22)14-30-11-9-16(10-12-30)20-3-2-4-21(27-20)33-15-17-5-6-18(25)13-19(17)26/h2-8,13,16H,9-12,14-15H2,1H3/b8-7+. The minimum absolute atomic E-state index is 0.0822. The summed E-state index contributed by atoms with van der Waals surface area (Å²) in [6, 6.07) is 10.2. The van der Waals surface area contributed by atoms with Gasteiger partial charge in [-0.1, -0.05) is 23.7 Å². The van der Waals surface area contributed by atoms with Crippen molar-refractivity contribution in [3.63, 3.8) is 0 Å². The van der Waals surface area contributed by atoms with E-state index in [0.29, 0.717) is 34.8 Å². The lowest BCUT2D eigenvalue weighted by molar-refractivity contribution is -0.134. The van der Waals surface area contributed by atoms with Crippen LogP contribution in [-0.2, 0) is 22.7 Å². The summed E-state index contributed by atoms with van der Waals surface area (Å²) in [5, 5.41) is 8.30. The van der Waals surface area contributed by atoms with E-state index in [4.69, 9.17) is 20.8 Å². The largest absolute Gasteiger partial charge is 0.473 e. The average molecular weight is 487 g/mol. The van der Waals surface area contributed by atoms with Crippen LogP contribution in [-0.4, -0.2) is 46.2 Å². The molecule has 2 aromatic heterocycles. The Balaban J connectivity index is 1.28. The number of benzene rings is 1. The van der Waals surface area contributed by atoms with Gasteiger partial charge in [-0.3, -0.25) is 4.90 Å². The second-order valence-corrected chi connectivity index (χ2v) is 8.30. The minimum atomic E-state index is -0.484. The topological polar surface area (TPSA) is 90.6 Å². The summed E-state index contributed by atoms with van der Waals surface area (Å²) in [7, 11) is 1.30. The number of hydrogen-bond acceptors (Lipinski definition) is 8. The molecule has 0 unspecified atom stereocenters. The molecule has 1 fully saturated rings. The predicted molar refractivity (Wildman–Crippen MR) is 123 cm³/mol. The van der Waals surface area contributed by atoms with Gasteiger partial charge in [-0.2, -0.15) is 0 Å². The van der Waals surface area contributed by atoms with Gasteiger partial charge in [0, 0.05) is 40.4 Å². The van der Waals surface area contributed by atoms with Crippen molar-refractivity contribution in [2.75, 3.05) is 20.2 Å². The number of piperidine rings is 1. The van der Waals surface area contributed by atoms with Crippen LogP contribution in [0.15, 0.2) is 46.9 Å². The zero-order chi connectivity index (χ0) is 23.9. The molecule has 0 radical (unpaired) electrons. The number of carbonyl (C=O) groups excluding carboxylic acids is 1. The lowest BCUT2D eigenvalue weighted by atomic mass is 9.93. The molecule has 10 heteroatoms. The molecule has 1 aliphatic rings. The molecule has 0 saturated carbocycles. The van der Waals surface area contributed by atoms with E-state index in [1.54, 1.807) is 18.2 Å². The molecule has 1 aliphatic heterocycles. The van der Waals surface area contributed by atoms with Crippen LogP contribution in [0.25, 0.3) is 6.08 Å². The van der Waals surface area contributed by atoms with Crippen LogP contribution in [0.5, 0.6) is 5.88 Å². The van der Waals surface area contributed by atoms with Crippen molar-refractivity contribution >= 4 is 23.6 Å². The monoisotopic (exact) mass is 486 g/mol. The molecule has 0 spiro atoms. The van der Waals surface area contributed by atoms with Gasteiger partial charge in [-0.25, -0.2) is 14.2 Å². The van der Waals surface area contributed by atoms with E-state index in [-0.39, 0.29) is 12.5 Å². The first-order chi connectivity index (χ1) is 16.5. The minimum Gasteiger partial charge on any atom is -0.473 e. The molecule has 178 valence electrons. The number of nitrogens with zero attached hydrogens (tertiary/aromatic N) is 4. The van der Waals surface area contributed by atoms with Gasteiger partial charge in [0.05, 0.1) is 13.7 Å². The molecule has 34 heavy (non-hydrogen) atoms. The third kappa shape index (κ3) is 6.39. The Morgan fingerprint density at radius 1 is 1.26 bits per heavy atom. The quantitative estimate of drug-likeness (QED) is 0.342. The van der Waals surface area contributed by atoms with Gasteiger partial charge < -0.3 is 13.9 Å². The van der Waals surface area contributed by atoms with E-state index in [0.717, 1.165) is 31.6 Å². The molecule has 0 atom stereocenters. The van der Waals surface area contributed by atoms with Crippen LogP contribution in [0.2, 0.25) is 5.02 Å². The molecule has 0 amide bonds. The molecule has 3 heterocycles. The summed E-state index contributed by atoms with van der Waals surface area (Å²) < 4.78 is 29.8. The first kappa shape index (κ1) is 23.8. The first-order valence-corrected chi connectivity index (χ1v) is 11.2. The van der Waals surface area contributed by atoms with Gasteiger partial charge in [0.15, 0.2) is 0 Å². The zero-order valence-corrected chi connectivity index (χ0v) is 19.4. The molecule has 4 rings (SSSR count). The third-order valence-electron chi connectivity index (χ3n) is 5.55. The number of esters is 1. The Morgan fingerprint density at radius 3 is 2.85 bits per heavy atom. The van der Waals surface area contributed by atoms with Crippen LogP contribution in [0.4, 0.5) is 4.39 Å². The summed E-state index contributed by atoms with van der Waals surface area (Å²) >= 11 is 5.80. The number of aromatic nitrogens is 3. The first-order valence-electron chi connectivity index (χ1n) is 10.8. The van der Waals surface area contributed by atoms with Crippen molar-refractivity contribution in [3.8, 4) is 5.88 Å². The van der Waals surface area contributed by atoms with Gasteiger partial charge in [0.1, 0.15) is 12.4 Å². The van der Waals surface area contributed by atoms with E-state index in [1.165, 1.54) is 25.3 Å². The van der Waals surface area contributed by atoms with Crippen LogP contribution < -0.4 is 4.74 Å². The van der Waals surface area contributed by atoms with E-state index in [2.05, 4.69) is 24.8 Å². The van der Waals surface area contributed by atoms with Crippen molar-refractivity contribution in [2.45, 2.75) is 31.9 Å². The summed E-state index contributed by atoms with van der Waals surface area (Å²) in [4.78, 5) is 18.0. The lowest BCUT2D eigenvalue weighted by Crippen LogP contribution is -2.32. The molecule has 8 nitrogen and oxygen atoms in total. The fraction of sp³-hybridized carbons (Fsp3) is 0.333. The van der Waals surface area contributed by atoms with Crippen LogP contribution in [0.3, 0.4) is 0 Å². The lowest BCUT2D eigenvalue weighted by Gasteiger charge is -2.30. The maximum Gasteiger partial charge on any atom is 0.330 e. The molecule has 0 N–H and O–H groups in total. The van der Waals surface area contributed by atoms with Crippen LogP contribution in [0, 0.1) is 5.82 Å². The number of methoxy groups -OCH3 is 1. The summed E-state index contributed by atoms with van der Waals surface area (Å²) in [5.74, 6) is 0.632. The van der Waals surface area contributed by atoms with Crippen LogP contribution in [0.1, 0.15) is 41.8 Å². The molecule has 1 aromatic carbocycles. The fourth-order valence-corrected chi connectivity index (χ4v) is 3.87. The van der Waals surface area contributed by atoms with Crippen LogP contribution >= 0.6 is 11.6 Å². The van der Waals surface area contributed by atoms with Gasteiger partial charge in [-0.05, 0) is 44.1 Å². The van der Waals surface area contributed by atoms with Gasteiger partial charge in [-0.15, -0.1) is 10.2 Å². The number of rotatable bonds is 8. The average Bonchev–Trinajstić information content (AvgIpc) is 3.30. The molecular weight excluding hydrogens is 463 g/mol. The Labute approximate surface area is 201 Å². The maximum absolute atomic E-state index is 14.0. The Morgan fingerprint density at radius 2 is 2.09 bits per heavy atom. The second-order valence-electron chi connectivity index (χ2n) is 7.87. The highest BCUT2D eigenvalue weighted by molar-refractivity contribution is 6.30. The predicted octanol–water partition coefficient (Wildman–Crippen LogP) is 4.40. The molecule has 3 aromatic rings. The second kappa shape index (κ2) is 11.2. The molecule has 0 aliphatic carbocycles. The van der Waals surface area contributed by atoms with Gasteiger partial charge in [0.2, 0.25) is 17.7 Å². The van der Waals surface area contributed by atoms with Crippen molar-refractivity contribution in [3.05, 3.63) is 76.4 Å². The normalized spacial score (nSPS) is 15.0. The summed E-state index contributed by atoms with van der Waals surface area (Å²) in [5.41, 5.74) is 1.39. The van der Waals surface area contributed by atoms with Crippen molar-refractivity contribution in [1.82, 2.24) is 20.1 Å². The van der Waals surface area contributed by atoms with Gasteiger partial charge >= 0.3 is 5.97 Å².